The largest absolute Gasteiger partial charge is 0.373 e. The molecule has 0 fully saturated rings. The van der Waals surface area contributed by atoms with Gasteiger partial charge in [0.15, 0.2) is 0 Å². The van der Waals surface area contributed by atoms with E-state index in [0.717, 1.165) is 5.56 Å². The Morgan fingerprint density at radius 3 is 2.33 bits per heavy atom. The molecule has 0 saturated heterocycles. The van der Waals surface area contributed by atoms with E-state index >= 15 is 0 Å². The van der Waals surface area contributed by atoms with Crippen LogP contribution in [0, 0.1) is 0 Å². The van der Waals surface area contributed by atoms with Gasteiger partial charge in [-0.1, -0.05) is 12.1 Å². The van der Waals surface area contributed by atoms with E-state index in [-0.39, 0.29) is 18.7 Å². The van der Waals surface area contributed by atoms with Gasteiger partial charge >= 0.3 is 6.15 Å². The van der Waals surface area contributed by atoms with Crippen molar-refractivity contribution in [3.63, 3.8) is 0 Å². The first-order chi connectivity index (χ1) is 8.69. The van der Waals surface area contributed by atoms with Crippen molar-refractivity contribution in [2.45, 2.75) is 6.61 Å². The lowest BCUT2D eigenvalue weighted by Crippen LogP contribution is -2.31. The lowest BCUT2D eigenvalue weighted by molar-refractivity contribution is -0.253. The minimum absolute atomic E-state index is 0.123. The van der Waals surface area contributed by atoms with E-state index < -0.39 is 0 Å². The molecule has 1 amide bonds. The molecule has 7 heteroatoms. The van der Waals surface area contributed by atoms with Crippen molar-refractivity contribution in [1.82, 2.24) is 10.6 Å². The Morgan fingerprint density at radius 1 is 1.33 bits per heavy atom. The third-order valence-corrected chi connectivity index (χ3v) is 1.87. The van der Waals surface area contributed by atoms with Crippen molar-refractivity contribution in [2.24, 2.45) is 0 Å². The molecule has 0 bridgehead atoms. The van der Waals surface area contributed by atoms with Gasteiger partial charge in [-0.05, 0) is 24.7 Å². The Hall–Kier alpha value is -2.05. The zero-order chi connectivity index (χ0) is 13.8. The van der Waals surface area contributed by atoms with Gasteiger partial charge in [-0.3, -0.25) is 10.1 Å². The lowest BCUT2D eigenvalue weighted by Gasteiger charge is -2.04. The molecule has 0 aliphatic carbocycles. The number of hydrogen-bond donors (Lipinski definition) is 3. The van der Waals surface area contributed by atoms with E-state index in [1.807, 2.05) is 0 Å². The minimum atomic E-state index is -0.138. The number of amides is 1. The second-order valence-electron chi connectivity index (χ2n) is 3.09. The summed E-state index contributed by atoms with van der Waals surface area (Å²) in [5.41, 5.74) is 1.38. The molecule has 0 aliphatic heterocycles. The highest BCUT2D eigenvalue weighted by atomic mass is 17.1. The Kier molecular flexibility index (Phi) is 8.97. The summed E-state index contributed by atoms with van der Waals surface area (Å²) in [5, 5.41) is 13.7. The summed E-state index contributed by atoms with van der Waals surface area (Å²) in [4.78, 5) is 31.7. The van der Waals surface area contributed by atoms with Crippen molar-refractivity contribution in [2.75, 3.05) is 13.7 Å². The predicted octanol–water partition coefficient (Wildman–Crippen LogP) is -0.000600. The van der Waals surface area contributed by atoms with Crippen LogP contribution < -0.4 is 10.6 Å². The van der Waals surface area contributed by atoms with Crippen LogP contribution in [0.3, 0.4) is 0 Å². The average molecular weight is 254 g/mol. The number of carbonyl (C=O) groups excluding carboxylic acids is 3. The van der Waals surface area contributed by atoms with Gasteiger partial charge < -0.3 is 10.6 Å². The second-order valence-corrected chi connectivity index (χ2v) is 3.09. The molecule has 0 unspecified atom stereocenters. The van der Waals surface area contributed by atoms with Crippen LogP contribution in [0.1, 0.15) is 15.9 Å². The normalized spacial score (nSPS) is 8.78. The van der Waals surface area contributed by atoms with E-state index in [4.69, 9.17) is 14.8 Å². The summed E-state index contributed by atoms with van der Waals surface area (Å²) in [6.07, 6.45) is 0.250. The predicted molar refractivity (Wildman–Crippen MR) is 60.3 cm³/mol. The highest BCUT2D eigenvalue weighted by Gasteiger charge is 2.03. The fraction of sp³-hybridized carbons (Fsp3) is 0.273. The zero-order valence-corrected chi connectivity index (χ0v) is 9.80. The third kappa shape index (κ3) is 6.51. The van der Waals surface area contributed by atoms with Crippen LogP contribution >= 0.6 is 0 Å². The van der Waals surface area contributed by atoms with Crippen molar-refractivity contribution in [1.29, 1.82) is 0 Å². The van der Waals surface area contributed by atoms with E-state index in [1.165, 1.54) is 0 Å². The highest BCUT2D eigenvalue weighted by Crippen LogP contribution is 2.05. The van der Waals surface area contributed by atoms with Gasteiger partial charge in [0.25, 0.3) is 5.91 Å². The second kappa shape index (κ2) is 10.1. The van der Waals surface area contributed by atoms with Gasteiger partial charge in [0.2, 0.25) is 0 Å². The highest BCUT2D eigenvalue weighted by molar-refractivity contribution is 5.94. The van der Waals surface area contributed by atoms with Crippen LogP contribution in [0.25, 0.3) is 0 Å². The molecule has 0 aliphatic rings. The van der Waals surface area contributed by atoms with Crippen molar-refractivity contribution in [3.05, 3.63) is 35.4 Å². The molecule has 0 heterocycles. The first kappa shape index (κ1) is 16.0. The van der Waals surface area contributed by atoms with Gasteiger partial charge in [-0.25, -0.2) is 4.89 Å². The molecular formula is C11H14N2O5. The lowest BCUT2D eigenvalue weighted by atomic mass is 10.1. The molecule has 0 atom stereocenters. The fourth-order valence-corrected chi connectivity index (χ4v) is 1.10. The smallest absolute Gasteiger partial charge is 0.339 e. The molecule has 0 saturated carbocycles. The standard InChI is InChI=1S/C10H14N2O3.CO2/c1-11-7-12-10(13)9-4-2-8(3-5-9)6-15-14;2-1-3/h2-5,11,14H,6-7H2,1H3,(H,12,13);. The molecular weight excluding hydrogens is 240 g/mol. The number of benzene rings is 1. The summed E-state index contributed by atoms with van der Waals surface area (Å²) in [7, 11) is 1.75. The quantitative estimate of drug-likeness (QED) is 0.388. The van der Waals surface area contributed by atoms with E-state index in [2.05, 4.69) is 15.5 Å². The maximum atomic E-state index is 11.4. The maximum Gasteiger partial charge on any atom is 0.373 e. The number of nitrogens with one attached hydrogen (secondary N) is 2. The van der Waals surface area contributed by atoms with Crippen molar-refractivity contribution >= 4 is 12.1 Å². The van der Waals surface area contributed by atoms with Gasteiger partial charge in [-0.2, -0.15) is 9.59 Å². The molecule has 1 aromatic rings. The average Bonchev–Trinajstić information content (AvgIpc) is 2.38. The SMILES string of the molecule is CNCNC(=O)c1ccc(COO)cc1.O=C=O. The van der Waals surface area contributed by atoms with Crippen LogP contribution in [-0.2, 0) is 21.1 Å². The summed E-state index contributed by atoms with van der Waals surface area (Å²) >= 11 is 0. The fourth-order valence-electron chi connectivity index (χ4n) is 1.10. The molecule has 0 spiro atoms. The van der Waals surface area contributed by atoms with Crippen molar-refractivity contribution in [3.8, 4) is 0 Å². The van der Waals surface area contributed by atoms with Gasteiger partial charge in [0.1, 0.15) is 6.61 Å². The summed E-state index contributed by atoms with van der Waals surface area (Å²) in [6, 6.07) is 6.81. The first-order valence-corrected chi connectivity index (χ1v) is 4.97. The van der Waals surface area contributed by atoms with Crippen LogP contribution in [0.15, 0.2) is 24.3 Å². The molecule has 7 nitrogen and oxygen atoms in total. The van der Waals surface area contributed by atoms with E-state index in [1.54, 1.807) is 31.3 Å². The molecule has 0 aromatic heterocycles. The number of carbonyl (C=O) groups is 1. The van der Waals surface area contributed by atoms with Gasteiger partial charge in [0.05, 0.1) is 6.67 Å². The Balaban J connectivity index is 0.000000873. The molecule has 0 radical (unpaired) electrons. The zero-order valence-electron chi connectivity index (χ0n) is 9.80. The Bertz CT molecular complexity index is 385. The summed E-state index contributed by atoms with van der Waals surface area (Å²) < 4.78 is 0. The first-order valence-electron chi connectivity index (χ1n) is 4.97. The third-order valence-electron chi connectivity index (χ3n) is 1.87. The van der Waals surface area contributed by atoms with Gasteiger partial charge in [-0.15, -0.1) is 0 Å². The van der Waals surface area contributed by atoms with E-state index in [9.17, 15) is 4.79 Å². The number of rotatable bonds is 5. The molecule has 98 valence electrons. The molecule has 3 N–H and O–H groups in total. The summed E-state index contributed by atoms with van der Waals surface area (Å²) in [6.45, 7) is 0.554. The molecule has 1 aromatic carbocycles. The number of hydrogen-bond acceptors (Lipinski definition) is 6. The topological polar surface area (TPSA) is 105 Å². The Morgan fingerprint density at radius 2 is 1.89 bits per heavy atom. The Labute approximate surface area is 104 Å². The van der Waals surface area contributed by atoms with Crippen LogP contribution in [0.5, 0.6) is 0 Å². The molecule has 1 rings (SSSR count). The van der Waals surface area contributed by atoms with Crippen molar-refractivity contribution < 1.29 is 24.5 Å². The minimum Gasteiger partial charge on any atom is -0.339 e. The summed E-state index contributed by atoms with van der Waals surface area (Å²) in [5.74, 6) is -0.138. The monoisotopic (exact) mass is 254 g/mol. The molecule has 18 heavy (non-hydrogen) atoms. The van der Waals surface area contributed by atoms with Crippen LogP contribution in [-0.4, -0.2) is 31.0 Å². The van der Waals surface area contributed by atoms with E-state index in [0.29, 0.717) is 12.2 Å². The van der Waals surface area contributed by atoms with Crippen LogP contribution in [0.2, 0.25) is 0 Å². The van der Waals surface area contributed by atoms with Crippen LogP contribution in [0.4, 0.5) is 0 Å². The maximum absolute atomic E-state index is 11.4. The van der Waals surface area contributed by atoms with Gasteiger partial charge in [0, 0.05) is 5.56 Å².